The lowest BCUT2D eigenvalue weighted by molar-refractivity contribution is 0.0997. The molecule has 0 saturated heterocycles. The second kappa shape index (κ2) is 3.98. The Labute approximate surface area is 97.0 Å². The van der Waals surface area contributed by atoms with E-state index in [9.17, 15) is 4.79 Å². The van der Waals surface area contributed by atoms with Crippen molar-refractivity contribution in [3.05, 3.63) is 35.0 Å². The van der Waals surface area contributed by atoms with Gasteiger partial charge in [0.2, 0.25) is 0 Å². The predicted octanol–water partition coefficient (Wildman–Crippen LogP) is 2.00. The number of nitrogens with zero attached hydrogens (tertiary/aromatic N) is 1. The molecule has 2 aromatic rings. The standard InChI is InChI=1S/C11H9ClN2O2/c1-16-10-4-9-6(2-7(12)5-14-9)3-8(10)11(13)15/h2-5H,1H3,(H2,13,15). The number of nitrogens with two attached hydrogens (primary N) is 1. The molecule has 0 unspecified atom stereocenters. The summed E-state index contributed by atoms with van der Waals surface area (Å²) in [4.78, 5) is 15.3. The van der Waals surface area contributed by atoms with Crippen LogP contribution in [0.5, 0.6) is 5.75 Å². The normalized spacial score (nSPS) is 10.4. The van der Waals surface area contributed by atoms with Gasteiger partial charge >= 0.3 is 0 Å². The third kappa shape index (κ3) is 1.79. The Kier molecular flexibility index (Phi) is 2.66. The van der Waals surface area contributed by atoms with E-state index >= 15 is 0 Å². The molecule has 16 heavy (non-hydrogen) atoms. The van der Waals surface area contributed by atoms with Gasteiger partial charge in [-0.25, -0.2) is 0 Å². The molecule has 1 amide bonds. The van der Waals surface area contributed by atoms with Crippen LogP contribution in [0.3, 0.4) is 0 Å². The Balaban J connectivity index is 2.75. The van der Waals surface area contributed by atoms with Crippen molar-refractivity contribution in [1.29, 1.82) is 0 Å². The van der Waals surface area contributed by atoms with Gasteiger partial charge in [0.15, 0.2) is 0 Å². The van der Waals surface area contributed by atoms with Crippen molar-refractivity contribution in [3.8, 4) is 5.75 Å². The highest BCUT2D eigenvalue weighted by Gasteiger charge is 2.11. The van der Waals surface area contributed by atoms with Crippen LogP contribution in [0.4, 0.5) is 0 Å². The molecule has 2 rings (SSSR count). The molecule has 0 atom stereocenters. The summed E-state index contributed by atoms with van der Waals surface area (Å²) in [7, 11) is 1.48. The summed E-state index contributed by atoms with van der Waals surface area (Å²) >= 11 is 5.81. The molecule has 1 aromatic heterocycles. The summed E-state index contributed by atoms with van der Waals surface area (Å²) in [5.41, 5.74) is 6.27. The number of methoxy groups -OCH3 is 1. The maximum atomic E-state index is 11.2. The van der Waals surface area contributed by atoms with E-state index in [1.54, 1.807) is 18.2 Å². The van der Waals surface area contributed by atoms with Crippen molar-refractivity contribution >= 4 is 28.4 Å². The summed E-state index contributed by atoms with van der Waals surface area (Å²) in [5, 5.41) is 1.26. The van der Waals surface area contributed by atoms with Gasteiger partial charge in [-0.3, -0.25) is 9.78 Å². The number of amides is 1. The zero-order valence-corrected chi connectivity index (χ0v) is 9.28. The lowest BCUT2D eigenvalue weighted by atomic mass is 10.1. The molecule has 1 heterocycles. The van der Waals surface area contributed by atoms with E-state index < -0.39 is 5.91 Å². The molecule has 0 radical (unpaired) electrons. The minimum absolute atomic E-state index is 0.319. The third-order valence-corrected chi connectivity index (χ3v) is 2.44. The van der Waals surface area contributed by atoms with Gasteiger partial charge < -0.3 is 10.5 Å². The second-order valence-electron chi connectivity index (χ2n) is 3.26. The van der Waals surface area contributed by atoms with Crippen molar-refractivity contribution < 1.29 is 9.53 Å². The number of hydrogen-bond acceptors (Lipinski definition) is 3. The number of halogens is 1. The summed E-state index contributed by atoms with van der Waals surface area (Å²) in [6.45, 7) is 0. The fraction of sp³-hybridized carbons (Fsp3) is 0.0909. The number of benzene rings is 1. The van der Waals surface area contributed by atoms with Crippen molar-refractivity contribution in [3.63, 3.8) is 0 Å². The van der Waals surface area contributed by atoms with E-state index in [0.29, 0.717) is 21.9 Å². The minimum atomic E-state index is -0.543. The Morgan fingerprint density at radius 2 is 2.19 bits per heavy atom. The highest BCUT2D eigenvalue weighted by atomic mass is 35.5. The average molecular weight is 237 g/mol. The largest absolute Gasteiger partial charge is 0.496 e. The molecule has 2 N–H and O–H groups in total. The smallest absolute Gasteiger partial charge is 0.252 e. The molecule has 0 aliphatic rings. The maximum Gasteiger partial charge on any atom is 0.252 e. The highest BCUT2D eigenvalue weighted by Crippen LogP contribution is 2.25. The van der Waals surface area contributed by atoms with E-state index in [4.69, 9.17) is 22.1 Å². The van der Waals surface area contributed by atoms with Crippen molar-refractivity contribution in [1.82, 2.24) is 4.98 Å². The minimum Gasteiger partial charge on any atom is -0.496 e. The van der Waals surface area contributed by atoms with Gasteiger partial charge in [0.25, 0.3) is 5.91 Å². The summed E-state index contributed by atoms with van der Waals surface area (Å²) in [6.07, 6.45) is 1.53. The van der Waals surface area contributed by atoms with Gasteiger partial charge in [-0.1, -0.05) is 11.6 Å². The van der Waals surface area contributed by atoms with E-state index in [2.05, 4.69) is 4.98 Å². The van der Waals surface area contributed by atoms with E-state index in [1.807, 2.05) is 0 Å². The second-order valence-corrected chi connectivity index (χ2v) is 3.70. The SMILES string of the molecule is COc1cc2ncc(Cl)cc2cc1C(N)=O. The number of ether oxygens (including phenoxy) is 1. The van der Waals surface area contributed by atoms with Crippen LogP contribution >= 0.6 is 11.6 Å². The zero-order valence-electron chi connectivity index (χ0n) is 8.53. The molecule has 5 heteroatoms. The Morgan fingerprint density at radius 1 is 1.44 bits per heavy atom. The lowest BCUT2D eigenvalue weighted by Gasteiger charge is -2.07. The molecule has 0 aliphatic heterocycles. The number of primary amides is 1. The van der Waals surface area contributed by atoms with Gasteiger partial charge in [-0.2, -0.15) is 0 Å². The number of pyridine rings is 1. The van der Waals surface area contributed by atoms with Gasteiger partial charge in [0, 0.05) is 17.6 Å². The quantitative estimate of drug-likeness (QED) is 0.867. The van der Waals surface area contributed by atoms with Crippen LogP contribution in [0.15, 0.2) is 24.4 Å². The molecule has 0 saturated carbocycles. The van der Waals surface area contributed by atoms with Crippen LogP contribution < -0.4 is 10.5 Å². The number of rotatable bonds is 2. The van der Waals surface area contributed by atoms with Crippen LogP contribution in [0, 0.1) is 0 Å². The first-order valence-electron chi connectivity index (χ1n) is 4.55. The van der Waals surface area contributed by atoms with Gasteiger partial charge in [0.1, 0.15) is 5.75 Å². The summed E-state index contributed by atoms with van der Waals surface area (Å²) in [5.74, 6) is -0.131. The number of fused-ring (bicyclic) bond motifs is 1. The Hall–Kier alpha value is -1.81. The highest BCUT2D eigenvalue weighted by molar-refractivity contribution is 6.31. The summed E-state index contributed by atoms with van der Waals surface area (Å²) < 4.78 is 5.07. The fourth-order valence-electron chi connectivity index (χ4n) is 1.49. The molecule has 1 aromatic carbocycles. The summed E-state index contributed by atoms with van der Waals surface area (Å²) in [6, 6.07) is 5.00. The number of aromatic nitrogens is 1. The topological polar surface area (TPSA) is 65.2 Å². The predicted molar refractivity (Wildman–Crippen MR) is 61.8 cm³/mol. The van der Waals surface area contributed by atoms with Crippen LogP contribution in [0.25, 0.3) is 10.9 Å². The first-order valence-corrected chi connectivity index (χ1v) is 4.92. The Morgan fingerprint density at radius 3 is 2.81 bits per heavy atom. The molecule has 0 aliphatic carbocycles. The van der Waals surface area contributed by atoms with Crippen LogP contribution in [-0.4, -0.2) is 18.0 Å². The number of carbonyl (C=O) groups excluding carboxylic acids is 1. The third-order valence-electron chi connectivity index (χ3n) is 2.23. The van der Waals surface area contributed by atoms with Crippen LogP contribution in [-0.2, 0) is 0 Å². The van der Waals surface area contributed by atoms with E-state index in [-0.39, 0.29) is 0 Å². The maximum absolute atomic E-state index is 11.2. The van der Waals surface area contributed by atoms with E-state index in [1.165, 1.54) is 13.3 Å². The van der Waals surface area contributed by atoms with Crippen molar-refractivity contribution in [2.45, 2.75) is 0 Å². The van der Waals surface area contributed by atoms with Gasteiger partial charge in [-0.05, 0) is 12.1 Å². The molecular weight excluding hydrogens is 228 g/mol. The van der Waals surface area contributed by atoms with E-state index in [0.717, 1.165) is 5.39 Å². The first kappa shape index (κ1) is 10.7. The van der Waals surface area contributed by atoms with Gasteiger partial charge in [0.05, 0.1) is 23.2 Å². The number of hydrogen-bond donors (Lipinski definition) is 1. The molecule has 0 fully saturated rings. The molecule has 0 spiro atoms. The zero-order chi connectivity index (χ0) is 11.7. The van der Waals surface area contributed by atoms with Crippen molar-refractivity contribution in [2.24, 2.45) is 5.73 Å². The first-order chi connectivity index (χ1) is 7.61. The lowest BCUT2D eigenvalue weighted by Crippen LogP contribution is -2.12. The van der Waals surface area contributed by atoms with Crippen molar-refractivity contribution in [2.75, 3.05) is 7.11 Å². The van der Waals surface area contributed by atoms with Crippen LogP contribution in [0.2, 0.25) is 5.02 Å². The van der Waals surface area contributed by atoms with Crippen LogP contribution in [0.1, 0.15) is 10.4 Å². The molecule has 4 nitrogen and oxygen atoms in total. The fourth-order valence-corrected chi connectivity index (χ4v) is 1.66. The Bertz CT molecular complexity index is 569. The average Bonchev–Trinajstić information content (AvgIpc) is 2.27. The molecule has 0 bridgehead atoms. The number of carbonyl (C=O) groups is 1. The molecular formula is C11H9ClN2O2. The van der Waals surface area contributed by atoms with Gasteiger partial charge in [-0.15, -0.1) is 0 Å². The molecule has 82 valence electrons. The monoisotopic (exact) mass is 236 g/mol.